The number of nitrogens with zero attached hydrogens (tertiary/aromatic N) is 3. The second-order valence-corrected chi connectivity index (χ2v) is 11.0. The quantitative estimate of drug-likeness (QED) is 0.410. The summed E-state index contributed by atoms with van der Waals surface area (Å²) in [6.07, 6.45) is 9.73. The summed E-state index contributed by atoms with van der Waals surface area (Å²) in [6, 6.07) is 5.85. The number of ketones is 1. The molecule has 0 radical (unpaired) electrons. The van der Waals surface area contributed by atoms with Crippen LogP contribution in [0.15, 0.2) is 41.8 Å². The van der Waals surface area contributed by atoms with Gasteiger partial charge in [-0.2, -0.15) is 0 Å². The zero-order chi connectivity index (χ0) is 24.1. The van der Waals surface area contributed by atoms with Crippen molar-refractivity contribution in [3.63, 3.8) is 0 Å². The van der Waals surface area contributed by atoms with Gasteiger partial charge in [0.1, 0.15) is 11.5 Å². The first-order valence-corrected chi connectivity index (χ1v) is 13.3. The van der Waals surface area contributed by atoms with Gasteiger partial charge in [0.05, 0.1) is 22.3 Å². The van der Waals surface area contributed by atoms with Crippen molar-refractivity contribution in [3.8, 4) is 0 Å². The largest absolute Gasteiger partial charge is 0.494 e. The topological polar surface area (TPSA) is 36.0 Å². The van der Waals surface area contributed by atoms with E-state index in [-0.39, 0.29) is 5.54 Å². The van der Waals surface area contributed by atoms with Gasteiger partial charge >= 0.3 is 0 Å². The minimum atomic E-state index is 0.0198. The highest BCUT2D eigenvalue weighted by molar-refractivity contribution is 6.43. The van der Waals surface area contributed by atoms with Gasteiger partial charge < -0.3 is 14.5 Å². The lowest BCUT2D eigenvalue weighted by atomic mass is 9.96. The maximum atomic E-state index is 12.2. The van der Waals surface area contributed by atoms with Crippen molar-refractivity contribution in [2.75, 3.05) is 50.8 Å². The van der Waals surface area contributed by atoms with Gasteiger partial charge in [-0.05, 0) is 70.4 Å². The second-order valence-electron chi connectivity index (χ2n) is 10.2. The highest BCUT2D eigenvalue weighted by Crippen LogP contribution is 2.34. The summed E-state index contributed by atoms with van der Waals surface area (Å²) in [4.78, 5) is 19.4. The van der Waals surface area contributed by atoms with Crippen molar-refractivity contribution >= 4 is 34.7 Å². The molecule has 0 bridgehead atoms. The fraction of sp³-hybridized carbons (Fsp3) is 0.593. The van der Waals surface area contributed by atoms with E-state index in [0.29, 0.717) is 28.7 Å². The Labute approximate surface area is 214 Å². The number of carbonyl (C=O) groups is 1. The van der Waals surface area contributed by atoms with E-state index >= 15 is 0 Å². The number of carbonyl (C=O) groups excluding carboxylic acids is 1. The number of piperazine rings is 1. The van der Waals surface area contributed by atoms with Gasteiger partial charge in [-0.25, -0.2) is 0 Å². The molecule has 3 aliphatic heterocycles. The molecule has 2 fully saturated rings. The van der Waals surface area contributed by atoms with Crippen LogP contribution in [0.3, 0.4) is 0 Å². The monoisotopic (exact) mass is 505 g/mol. The van der Waals surface area contributed by atoms with Gasteiger partial charge in [0.15, 0.2) is 0 Å². The molecule has 0 saturated carbocycles. The third kappa shape index (κ3) is 6.30. The van der Waals surface area contributed by atoms with E-state index in [9.17, 15) is 4.79 Å². The van der Waals surface area contributed by atoms with Crippen LogP contribution in [0, 0.1) is 0 Å². The summed E-state index contributed by atoms with van der Waals surface area (Å²) in [5.41, 5.74) is 2.17. The molecule has 7 heteroatoms. The van der Waals surface area contributed by atoms with Crippen molar-refractivity contribution in [1.29, 1.82) is 0 Å². The van der Waals surface area contributed by atoms with E-state index in [4.69, 9.17) is 27.9 Å². The standard InChI is InChI=1S/C27H37Cl2N3O2/c1-27(2)11-9-22(33)19-21-20-23(10-13-32(21)27)34-18-5-3-4-12-30-14-16-31(17-15-30)25-8-6-7-24(28)26(25)29/h6-8,10,20H,3-5,9,11-19H2,1-2H3. The number of anilines is 1. The molecule has 0 amide bonds. The van der Waals surface area contributed by atoms with Crippen molar-refractivity contribution in [2.45, 2.75) is 57.9 Å². The summed E-state index contributed by atoms with van der Waals surface area (Å²) in [7, 11) is 0. The fourth-order valence-electron chi connectivity index (χ4n) is 5.11. The van der Waals surface area contributed by atoms with Gasteiger partial charge in [-0.1, -0.05) is 29.3 Å². The zero-order valence-corrected chi connectivity index (χ0v) is 22.0. The average molecular weight is 507 g/mol. The maximum absolute atomic E-state index is 12.2. The molecule has 186 valence electrons. The molecule has 0 unspecified atom stereocenters. The van der Waals surface area contributed by atoms with E-state index < -0.39 is 0 Å². The van der Waals surface area contributed by atoms with E-state index in [1.54, 1.807) is 0 Å². The summed E-state index contributed by atoms with van der Waals surface area (Å²) >= 11 is 12.6. The maximum Gasteiger partial charge on any atom is 0.138 e. The second kappa shape index (κ2) is 11.4. The third-order valence-electron chi connectivity index (χ3n) is 7.29. The van der Waals surface area contributed by atoms with Crippen LogP contribution in [-0.2, 0) is 9.53 Å². The lowest BCUT2D eigenvalue weighted by molar-refractivity contribution is -0.118. The molecule has 0 N–H and O–H groups in total. The molecule has 0 aromatic heterocycles. The normalized spacial score (nSPS) is 21.0. The van der Waals surface area contributed by atoms with E-state index in [0.717, 1.165) is 82.3 Å². The van der Waals surface area contributed by atoms with Gasteiger partial charge in [0.2, 0.25) is 0 Å². The summed E-state index contributed by atoms with van der Waals surface area (Å²) in [5.74, 6) is 1.26. The van der Waals surface area contributed by atoms with Crippen molar-refractivity contribution in [1.82, 2.24) is 9.80 Å². The predicted molar refractivity (Wildman–Crippen MR) is 141 cm³/mol. The number of fused-ring (bicyclic) bond motifs is 1. The van der Waals surface area contributed by atoms with Crippen LogP contribution in [0.5, 0.6) is 0 Å². The zero-order valence-electron chi connectivity index (χ0n) is 20.5. The third-order valence-corrected chi connectivity index (χ3v) is 8.10. The Bertz CT molecular complexity index is 936. The lowest BCUT2D eigenvalue weighted by Gasteiger charge is -2.41. The van der Waals surface area contributed by atoms with Crippen molar-refractivity contribution in [3.05, 3.63) is 51.9 Å². The van der Waals surface area contributed by atoms with Crippen LogP contribution in [0.2, 0.25) is 10.0 Å². The Kier molecular flexibility index (Phi) is 8.49. The van der Waals surface area contributed by atoms with Crippen LogP contribution >= 0.6 is 23.2 Å². The Morgan fingerprint density at radius 2 is 1.85 bits per heavy atom. The molecule has 0 aliphatic carbocycles. The van der Waals surface area contributed by atoms with Crippen LogP contribution < -0.4 is 4.90 Å². The fourth-order valence-corrected chi connectivity index (χ4v) is 5.52. The highest BCUT2D eigenvalue weighted by Gasteiger charge is 2.34. The van der Waals surface area contributed by atoms with Crippen molar-refractivity contribution < 1.29 is 9.53 Å². The predicted octanol–water partition coefficient (Wildman–Crippen LogP) is 5.92. The smallest absolute Gasteiger partial charge is 0.138 e. The molecule has 0 atom stereocenters. The Balaban J connectivity index is 1.13. The minimum absolute atomic E-state index is 0.0198. The van der Waals surface area contributed by atoms with Crippen LogP contribution in [0.1, 0.15) is 52.4 Å². The van der Waals surface area contributed by atoms with E-state index in [1.807, 2.05) is 18.2 Å². The Morgan fingerprint density at radius 3 is 2.65 bits per heavy atom. The number of ether oxygens (including phenoxy) is 1. The first-order valence-electron chi connectivity index (χ1n) is 12.6. The van der Waals surface area contributed by atoms with Gasteiger partial charge in [0.25, 0.3) is 0 Å². The number of Topliss-reactive ketones (excluding diaryl/α,β-unsaturated/α-hetero) is 1. The molecule has 5 nitrogen and oxygen atoms in total. The van der Waals surface area contributed by atoms with Gasteiger partial charge in [-0.15, -0.1) is 0 Å². The number of benzene rings is 1. The number of hydrogen-bond donors (Lipinski definition) is 0. The van der Waals surface area contributed by atoms with Crippen molar-refractivity contribution in [2.24, 2.45) is 0 Å². The van der Waals surface area contributed by atoms with Gasteiger partial charge in [0, 0.05) is 56.8 Å². The summed E-state index contributed by atoms with van der Waals surface area (Å²) in [5, 5.41) is 1.27. The number of halogens is 2. The molecule has 4 rings (SSSR count). The highest BCUT2D eigenvalue weighted by atomic mass is 35.5. The van der Waals surface area contributed by atoms with Crippen LogP contribution in [0.25, 0.3) is 0 Å². The molecule has 3 heterocycles. The summed E-state index contributed by atoms with van der Waals surface area (Å²) in [6.45, 7) is 11.2. The Hall–Kier alpha value is -1.69. The Morgan fingerprint density at radius 1 is 1.06 bits per heavy atom. The van der Waals surface area contributed by atoms with Crippen LogP contribution in [-0.4, -0.2) is 67.0 Å². The lowest BCUT2D eigenvalue weighted by Crippen LogP contribution is -2.46. The van der Waals surface area contributed by atoms with Gasteiger partial charge in [-0.3, -0.25) is 9.69 Å². The summed E-state index contributed by atoms with van der Waals surface area (Å²) < 4.78 is 6.06. The first-order chi connectivity index (χ1) is 16.3. The van der Waals surface area contributed by atoms with Crippen LogP contribution in [0.4, 0.5) is 5.69 Å². The minimum Gasteiger partial charge on any atom is -0.494 e. The molecule has 1 aromatic carbocycles. The number of rotatable bonds is 8. The van der Waals surface area contributed by atoms with E-state index in [1.165, 1.54) is 6.42 Å². The molecule has 3 aliphatic rings. The first kappa shape index (κ1) is 25.4. The molecular weight excluding hydrogens is 469 g/mol. The van der Waals surface area contributed by atoms with E-state index in [2.05, 4.69) is 40.7 Å². The number of allylic oxidation sites excluding steroid dienone is 2. The molecule has 2 saturated heterocycles. The number of unbranched alkanes of at least 4 members (excludes halogenated alkanes) is 2. The molecular formula is C27H37Cl2N3O2. The SMILES string of the molecule is CC1(C)CCC(=O)CC2=CC(OCCCCCN3CCN(c4cccc(Cl)c4Cl)CC3)=CCN21. The molecule has 0 spiro atoms. The average Bonchev–Trinajstić information content (AvgIpc) is 2.93. The number of hydrogen-bond acceptors (Lipinski definition) is 5. The molecule has 1 aromatic rings. The molecule has 34 heavy (non-hydrogen) atoms.